The molecular weight excluding hydrogens is 232 g/mol. The van der Waals surface area contributed by atoms with Crippen LogP contribution in [-0.4, -0.2) is 22.6 Å². The predicted molar refractivity (Wildman–Crippen MR) is 68.1 cm³/mol. The minimum absolute atomic E-state index is 0.526. The quantitative estimate of drug-likeness (QED) is 0.605. The number of rotatable bonds is 5. The lowest BCUT2D eigenvalue weighted by Crippen LogP contribution is -2.31. The third-order valence-electron chi connectivity index (χ3n) is 3.24. The number of esters is 1. The molecule has 0 aliphatic heterocycles. The molecule has 1 rings (SSSR count). The number of carboxylic acids is 1. The topological polar surface area (TPSA) is 63.6 Å². The SMILES string of the molecule is CC(C)(CC1CCCCC1)OC(=O)C=CC(=O)O. The molecule has 18 heavy (non-hydrogen) atoms. The van der Waals surface area contributed by atoms with Gasteiger partial charge >= 0.3 is 11.9 Å². The molecule has 1 N–H and O–H groups in total. The summed E-state index contributed by atoms with van der Waals surface area (Å²) in [6.07, 6.45) is 8.83. The van der Waals surface area contributed by atoms with Crippen molar-refractivity contribution in [1.29, 1.82) is 0 Å². The van der Waals surface area contributed by atoms with Crippen LogP contribution in [0.3, 0.4) is 0 Å². The Morgan fingerprint density at radius 1 is 1.22 bits per heavy atom. The van der Waals surface area contributed by atoms with Gasteiger partial charge in [0.25, 0.3) is 0 Å². The maximum Gasteiger partial charge on any atom is 0.331 e. The minimum Gasteiger partial charge on any atom is -0.478 e. The summed E-state index contributed by atoms with van der Waals surface area (Å²) in [7, 11) is 0. The van der Waals surface area contributed by atoms with E-state index in [0.717, 1.165) is 18.6 Å². The second-order valence-corrected chi connectivity index (χ2v) is 5.56. The summed E-state index contributed by atoms with van der Waals surface area (Å²) in [6, 6.07) is 0. The molecule has 1 fully saturated rings. The molecule has 0 aromatic carbocycles. The Bertz CT molecular complexity index is 325. The van der Waals surface area contributed by atoms with E-state index < -0.39 is 17.5 Å². The first-order chi connectivity index (χ1) is 8.39. The zero-order valence-electron chi connectivity index (χ0n) is 11.1. The van der Waals surface area contributed by atoms with E-state index in [1.807, 2.05) is 13.8 Å². The largest absolute Gasteiger partial charge is 0.478 e. The van der Waals surface area contributed by atoms with Crippen LogP contribution in [0.5, 0.6) is 0 Å². The van der Waals surface area contributed by atoms with Crippen molar-refractivity contribution in [3.8, 4) is 0 Å². The molecule has 0 aromatic heterocycles. The highest BCUT2D eigenvalue weighted by atomic mass is 16.6. The molecule has 0 unspecified atom stereocenters. The van der Waals surface area contributed by atoms with Gasteiger partial charge in [-0.05, 0) is 26.2 Å². The van der Waals surface area contributed by atoms with Crippen LogP contribution in [0, 0.1) is 5.92 Å². The first kappa shape index (κ1) is 14.7. The molecule has 0 bridgehead atoms. The molecular formula is C14H22O4. The van der Waals surface area contributed by atoms with Gasteiger partial charge in [0.05, 0.1) is 0 Å². The van der Waals surface area contributed by atoms with Crippen LogP contribution in [0.15, 0.2) is 12.2 Å². The zero-order valence-corrected chi connectivity index (χ0v) is 11.1. The summed E-state index contributed by atoms with van der Waals surface area (Å²) in [5.41, 5.74) is -0.526. The highest BCUT2D eigenvalue weighted by molar-refractivity contribution is 5.90. The van der Waals surface area contributed by atoms with E-state index in [9.17, 15) is 9.59 Å². The smallest absolute Gasteiger partial charge is 0.331 e. The second-order valence-electron chi connectivity index (χ2n) is 5.56. The van der Waals surface area contributed by atoms with Gasteiger partial charge < -0.3 is 9.84 Å². The van der Waals surface area contributed by atoms with E-state index in [1.165, 1.54) is 32.1 Å². The van der Waals surface area contributed by atoms with Crippen molar-refractivity contribution in [2.24, 2.45) is 5.92 Å². The molecule has 0 amide bonds. The molecule has 0 aromatic rings. The lowest BCUT2D eigenvalue weighted by Gasteiger charge is -2.31. The number of hydrogen-bond donors (Lipinski definition) is 1. The summed E-state index contributed by atoms with van der Waals surface area (Å²) in [5.74, 6) is -1.11. The van der Waals surface area contributed by atoms with Crippen LogP contribution in [0.25, 0.3) is 0 Å². The fraction of sp³-hybridized carbons (Fsp3) is 0.714. The maximum absolute atomic E-state index is 11.4. The van der Waals surface area contributed by atoms with Gasteiger partial charge in [-0.3, -0.25) is 0 Å². The molecule has 0 atom stereocenters. The van der Waals surface area contributed by atoms with E-state index in [1.54, 1.807) is 0 Å². The minimum atomic E-state index is -1.14. The molecule has 102 valence electrons. The Morgan fingerprint density at radius 3 is 2.39 bits per heavy atom. The van der Waals surface area contributed by atoms with Gasteiger partial charge in [0.2, 0.25) is 0 Å². The Labute approximate surface area is 108 Å². The number of ether oxygens (including phenoxy) is 1. The van der Waals surface area contributed by atoms with Crippen LogP contribution in [0.2, 0.25) is 0 Å². The van der Waals surface area contributed by atoms with Crippen molar-refractivity contribution in [2.45, 2.75) is 58.0 Å². The van der Waals surface area contributed by atoms with Crippen LogP contribution in [0.1, 0.15) is 52.4 Å². The molecule has 0 radical (unpaired) electrons. The van der Waals surface area contributed by atoms with E-state index in [4.69, 9.17) is 9.84 Å². The molecule has 0 saturated heterocycles. The lowest BCUT2D eigenvalue weighted by atomic mass is 9.82. The third kappa shape index (κ3) is 5.84. The van der Waals surface area contributed by atoms with Gasteiger partial charge in [0.15, 0.2) is 0 Å². The lowest BCUT2D eigenvalue weighted by molar-refractivity contribution is -0.152. The van der Waals surface area contributed by atoms with Crippen molar-refractivity contribution < 1.29 is 19.4 Å². The molecule has 1 saturated carbocycles. The summed E-state index contributed by atoms with van der Waals surface area (Å²) in [5, 5.41) is 8.43. The van der Waals surface area contributed by atoms with E-state index >= 15 is 0 Å². The van der Waals surface area contributed by atoms with Crippen molar-refractivity contribution in [3.63, 3.8) is 0 Å². The normalized spacial score (nSPS) is 17.9. The van der Waals surface area contributed by atoms with Gasteiger partial charge in [-0.2, -0.15) is 0 Å². The Morgan fingerprint density at radius 2 is 1.83 bits per heavy atom. The number of carboxylic acid groups (broad SMARTS) is 1. The van der Waals surface area contributed by atoms with Crippen molar-refractivity contribution >= 4 is 11.9 Å². The molecule has 0 spiro atoms. The zero-order chi connectivity index (χ0) is 13.6. The van der Waals surface area contributed by atoms with Crippen molar-refractivity contribution in [1.82, 2.24) is 0 Å². The Kier molecular flexibility index (Phi) is 5.38. The average molecular weight is 254 g/mol. The van der Waals surface area contributed by atoms with Crippen LogP contribution < -0.4 is 0 Å². The average Bonchev–Trinajstić information content (AvgIpc) is 2.26. The fourth-order valence-electron chi connectivity index (χ4n) is 2.57. The van der Waals surface area contributed by atoms with Crippen molar-refractivity contribution in [3.05, 3.63) is 12.2 Å². The number of hydrogen-bond acceptors (Lipinski definition) is 3. The highest BCUT2D eigenvalue weighted by Gasteiger charge is 2.27. The maximum atomic E-state index is 11.4. The number of carbonyl (C=O) groups is 2. The molecule has 4 nitrogen and oxygen atoms in total. The van der Waals surface area contributed by atoms with Gasteiger partial charge in [-0.25, -0.2) is 9.59 Å². The van der Waals surface area contributed by atoms with Gasteiger partial charge in [0.1, 0.15) is 5.60 Å². The van der Waals surface area contributed by atoms with E-state index in [-0.39, 0.29) is 0 Å². The highest BCUT2D eigenvalue weighted by Crippen LogP contribution is 2.32. The monoisotopic (exact) mass is 254 g/mol. The Balaban J connectivity index is 2.42. The first-order valence-electron chi connectivity index (χ1n) is 6.53. The van der Waals surface area contributed by atoms with E-state index in [2.05, 4.69) is 0 Å². The number of aliphatic carboxylic acids is 1. The standard InChI is InChI=1S/C14H22O4/c1-14(2,10-11-6-4-3-5-7-11)18-13(17)9-8-12(15)16/h8-9,11H,3-7,10H2,1-2H3,(H,15,16). The van der Waals surface area contributed by atoms with Gasteiger partial charge in [0, 0.05) is 12.2 Å². The number of carbonyl (C=O) groups excluding carboxylic acids is 1. The second kappa shape index (κ2) is 6.57. The van der Waals surface area contributed by atoms with Crippen LogP contribution >= 0.6 is 0 Å². The predicted octanol–water partition coefficient (Wildman–Crippen LogP) is 2.92. The Hall–Kier alpha value is -1.32. The summed E-state index contributed by atoms with van der Waals surface area (Å²) >= 11 is 0. The van der Waals surface area contributed by atoms with E-state index in [0.29, 0.717) is 5.92 Å². The summed E-state index contributed by atoms with van der Waals surface area (Å²) in [6.45, 7) is 3.77. The summed E-state index contributed by atoms with van der Waals surface area (Å²) in [4.78, 5) is 21.7. The van der Waals surface area contributed by atoms with Crippen LogP contribution in [-0.2, 0) is 14.3 Å². The molecule has 4 heteroatoms. The van der Waals surface area contributed by atoms with Gasteiger partial charge in [-0.15, -0.1) is 0 Å². The fourth-order valence-corrected chi connectivity index (χ4v) is 2.57. The van der Waals surface area contributed by atoms with Crippen molar-refractivity contribution in [2.75, 3.05) is 0 Å². The third-order valence-corrected chi connectivity index (χ3v) is 3.24. The van der Waals surface area contributed by atoms with Crippen LogP contribution in [0.4, 0.5) is 0 Å². The first-order valence-corrected chi connectivity index (χ1v) is 6.53. The van der Waals surface area contributed by atoms with Gasteiger partial charge in [-0.1, -0.05) is 32.1 Å². The summed E-state index contributed by atoms with van der Waals surface area (Å²) < 4.78 is 5.30. The molecule has 0 heterocycles. The molecule has 1 aliphatic rings. The molecule has 1 aliphatic carbocycles.